The predicted molar refractivity (Wildman–Crippen MR) is 85.5 cm³/mol. The Hall–Kier alpha value is -0.877. The van der Waals surface area contributed by atoms with E-state index in [0.29, 0.717) is 3.63 Å². The van der Waals surface area contributed by atoms with Gasteiger partial charge in [0.05, 0.1) is 0 Å². The molecule has 0 aromatic heterocycles. The van der Waals surface area contributed by atoms with Crippen molar-refractivity contribution in [2.75, 3.05) is 0 Å². The van der Waals surface area contributed by atoms with Gasteiger partial charge in [-0.1, -0.05) is 0 Å². The van der Waals surface area contributed by atoms with Gasteiger partial charge in [-0.25, -0.2) is 0 Å². The topological polar surface area (TPSA) is 0 Å². The SMILES string of the molecule is C1=CC[C]([Zr+2][CH]2C=Cc3c(-c4ccccc4)cccc32)=C1.[Cl-].[Cl-]. The molecule has 0 aliphatic heterocycles. The Kier molecular flexibility index (Phi) is 6.65. The van der Waals surface area contributed by atoms with Crippen molar-refractivity contribution in [2.45, 2.75) is 10.0 Å². The van der Waals surface area contributed by atoms with Crippen LogP contribution in [0.25, 0.3) is 17.2 Å². The minimum absolute atomic E-state index is 0. The van der Waals surface area contributed by atoms with Gasteiger partial charge in [0.1, 0.15) is 0 Å². The fourth-order valence-corrected chi connectivity index (χ4v) is 6.59. The van der Waals surface area contributed by atoms with Crippen molar-refractivity contribution in [1.82, 2.24) is 0 Å². The van der Waals surface area contributed by atoms with Gasteiger partial charge in [0.2, 0.25) is 0 Å². The molecule has 0 fully saturated rings. The van der Waals surface area contributed by atoms with E-state index in [2.05, 4.69) is 78.9 Å². The van der Waals surface area contributed by atoms with Gasteiger partial charge in [0.15, 0.2) is 0 Å². The van der Waals surface area contributed by atoms with Crippen molar-refractivity contribution in [1.29, 1.82) is 0 Å². The van der Waals surface area contributed by atoms with Crippen LogP contribution in [0, 0.1) is 0 Å². The molecule has 2 aromatic carbocycles. The summed E-state index contributed by atoms with van der Waals surface area (Å²) in [6, 6.07) is 17.5. The number of hydrogen-bond acceptors (Lipinski definition) is 0. The molecule has 0 heterocycles. The summed E-state index contributed by atoms with van der Waals surface area (Å²) in [7, 11) is 0. The van der Waals surface area contributed by atoms with Crippen LogP contribution in [-0.4, -0.2) is 0 Å². The molecule has 1 atom stereocenters. The van der Waals surface area contributed by atoms with Gasteiger partial charge in [-0.05, 0) is 0 Å². The maximum atomic E-state index is 2.45. The number of allylic oxidation sites excluding steroid dienone is 5. The number of halogens is 2. The zero-order valence-electron chi connectivity index (χ0n) is 12.5. The molecule has 0 spiro atoms. The van der Waals surface area contributed by atoms with Crippen LogP contribution >= 0.6 is 0 Å². The van der Waals surface area contributed by atoms with Gasteiger partial charge in [-0.2, -0.15) is 0 Å². The molecule has 0 amide bonds. The molecule has 1 unspecified atom stereocenters. The molecule has 0 radical (unpaired) electrons. The standard InChI is InChI=1S/C15H11.C5H5.2ClH.Zr/c1-2-6-12(7-3-1)14-10-4-8-13-9-5-11-15(13)14;1-2-4-5-3-1;;;/h1-11H;1-3H,4H2;2*1H;/q;;;;+2/p-2. The van der Waals surface area contributed by atoms with E-state index in [1.807, 2.05) is 0 Å². The molecule has 0 saturated carbocycles. The molecule has 2 aliphatic rings. The first-order valence-electron chi connectivity index (χ1n) is 7.40. The van der Waals surface area contributed by atoms with Crippen molar-refractivity contribution >= 4 is 6.08 Å². The summed E-state index contributed by atoms with van der Waals surface area (Å²) in [5.41, 5.74) is 5.70. The van der Waals surface area contributed by atoms with Crippen molar-refractivity contribution in [3.63, 3.8) is 0 Å². The first-order chi connectivity index (χ1) is 10.4. The summed E-state index contributed by atoms with van der Waals surface area (Å²) in [4.78, 5) is 0. The zero-order valence-corrected chi connectivity index (χ0v) is 16.5. The number of benzene rings is 2. The van der Waals surface area contributed by atoms with E-state index in [4.69, 9.17) is 0 Å². The fraction of sp³-hybridized carbons (Fsp3) is 0.100. The van der Waals surface area contributed by atoms with Gasteiger partial charge >= 0.3 is 138 Å². The fourth-order valence-electron chi connectivity index (χ4n) is 3.09. The van der Waals surface area contributed by atoms with Crippen LogP contribution in [0.5, 0.6) is 0 Å². The van der Waals surface area contributed by atoms with E-state index < -0.39 is 23.2 Å². The van der Waals surface area contributed by atoms with Crippen molar-refractivity contribution in [3.8, 4) is 11.1 Å². The number of fused-ring (bicyclic) bond motifs is 1. The summed E-state index contributed by atoms with van der Waals surface area (Å²) in [5.74, 6) is 0. The van der Waals surface area contributed by atoms with E-state index in [9.17, 15) is 0 Å². The second-order valence-electron chi connectivity index (χ2n) is 5.48. The average molecular weight is 418 g/mol. The third kappa shape index (κ3) is 3.79. The normalized spacial score (nSPS) is 16.9. The summed E-state index contributed by atoms with van der Waals surface area (Å²) in [6.45, 7) is 0. The van der Waals surface area contributed by atoms with E-state index in [1.165, 1.54) is 23.1 Å². The third-order valence-corrected chi connectivity index (χ3v) is 7.95. The Balaban J connectivity index is 0.000000960. The summed E-state index contributed by atoms with van der Waals surface area (Å²) in [6.07, 6.45) is 12.9. The van der Waals surface area contributed by atoms with Gasteiger partial charge in [-0.15, -0.1) is 0 Å². The second-order valence-corrected chi connectivity index (χ2v) is 9.30. The van der Waals surface area contributed by atoms with Crippen LogP contribution in [0.15, 0.2) is 76.1 Å². The Morgan fingerprint density at radius 1 is 0.913 bits per heavy atom. The third-order valence-electron chi connectivity index (χ3n) is 4.13. The maximum Gasteiger partial charge on any atom is -1.00 e. The Labute approximate surface area is 161 Å². The maximum absolute atomic E-state index is 2.45. The predicted octanol–water partition coefficient (Wildman–Crippen LogP) is -0.644. The molecular weight excluding hydrogens is 402 g/mol. The molecule has 0 nitrogen and oxygen atoms in total. The minimum atomic E-state index is -0.537. The number of rotatable bonds is 3. The van der Waals surface area contributed by atoms with Gasteiger partial charge < -0.3 is 24.8 Å². The Morgan fingerprint density at radius 2 is 1.74 bits per heavy atom. The molecule has 0 N–H and O–H groups in total. The minimum Gasteiger partial charge on any atom is -1.00 e. The largest absolute Gasteiger partial charge is 1.00 e. The molecule has 4 rings (SSSR count). The van der Waals surface area contributed by atoms with Crippen LogP contribution in [0.2, 0.25) is 0 Å². The van der Waals surface area contributed by atoms with Crippen molar-refractivity contribution in [2.24, 2.45) is 0 Å². The Morgan fingerprint density at radius 3 is 2.48 bits per heavy atom. The molecular formula is C20H16Cl2Zr. The first-order valence-corrected chi connectivity index (χ1v) is 10.1. The van der Waals surface area contributed by atoms with Crippen molar-refractivity contribution < 1.29 is 48.0 Å². The molecule has 2 aromatic rings. The second kappa shape index (κ2) is 8.29. The van der Waals surface area contributed by atoms with Crippen LogP contribution in [0.1, 0.15) is 21.2 Å². The smallest absolute Gasteiger partial charge is 1.00 e. The molecule has 3 heteroatoms. The number of hydrogen-bond donors (Lipinski definition) is 0. The molecule has 114 valence electrons. The average Bonchev–Trinajstić information content (AvgIpc) is 3.19. The molecule has 0 saturated heterocycles. The van der Waals surface area contributed by atoms with Crippen molar-refractivity contribution in [3.05, 3.63) is 87.2 Å². The summed E-state index contributed by atoms with van der Waals surface area (Å²) >= 11 is -0.537. The van der Waals surface area contributed by atoms with Gasteiger partial charge in [0, 0.05) is 0 Å². The van der Waals surface area contributed by atoms with E-state index in [0.717, 1.165) is 0 Å². The first kappa shape index (κ1) is 18.5. The van der Waals surface area contributed by atoms with Crippen LogP contribution < -0.4 is 24.8 Å². The van der Waals surface area contributed by atoms with Gasteiger partial charge in [-0.3, -0.25) is 0 Å². The van der Waals surface area contributed by atoms with E-state index in [1.54, 1.807) is 8.84 Å². The summed E-state index contributed by atoms with van der Waals surface area (Å²) < 4.78 is 2.42. The van der Waals surface area contributed by atoms with Crippen LogP contribution in [-0.2, 0) is 23.2 Å². The van der Waals surface area contributed by atoms with E-state index >= 15 is 0 Å². The zero-order chi connectivity index (χ0) is 14.1. The molecule has 23 heavy (non-hydrogen) atoms. The Bertz CT molecular complexity index is 760. The van der Waals surface area contributed by atoms with Crippen LogP contribution in [0.4, 0.5) is 0 Å². The monoisotopic (exact) mass is 416 g/mol. The van der Waals surface area contributed by atoms with Gasteiger partial charge in [0.25, 0.3) is 0 Å². The van der Waals surface area contributed by atoms with E-state index in [-0.39, 0.29) is 24.8 Å². The summed E-state index contributed by atoms with van der Waals surface area (Å²) in [5, 5.41) is 0. The molecule has 2 aliphatic carbocycles. The molecule has 0 bridgehead atoms. The van der Waals surface area contributed by atoms with Crippen LogP contribution in [0.3, 0.4) is 0 Å². The quantitative estimate of drug-likeness (QED) is 0.622.